The number of anilines is 2. The molecule has 0 aliphatic heterocycles. The zero-order valence-corrected chi connectivity index (χ0v) is 16.6. The molecule has 0 amide bonds. The molecule has 0 unspecified atom stereocenters. The predicted octanol–water partition coefficient (Wildman–Crippen LogP) is 3.01. The highest BCUT2D eigenvalue weighted by atomic mass is 35.5. The van der Waals surface area contributed by atoms with Crippen LogP contribution in [0.5, 0.6) is 0 Å². The molecular weight excluding hydrogens is 450 g/mol. The Bertz CT molecular complexity index is 1250. The molecule has 0 fully saturated rings. The second-order valence-corrected chi connectivity index (χ2v) is 9.30. The van der Waals surface area contributed by atoms with Crippen molar-refractivity contribution in [2.24, 2.45) is 0 Å². The second kappa shape index (κ2) is 7.89. The van der Waals surface area contributed by atoms with E-state index in [-0.39, 0.29) is 21.6 Å². The molecule has 8 nitrogen and oxygen atoms in total. The van der Waals surface area contributed by atoms with Crippen molar-refractivity contribution in [2.75, 3.05) is 9.44 Å². The van der Waals surface area contributed by atoms with Crippen LogP contribution in [0.15, 0.2) is 64.4 Å². The van der Waals surface area contributed by atoms with Crippen LogP contribution >= 0.6 is 11.6 Å². The van der Waals surface area contributed by atoms with E-state index in [0.717, 1.165) is 18.2 Å². The first-order valence-corrected chi connectivity index (χ1v) is 11.0. The Kier molecular flexibility index (Phi) is 5.68. The van der Waals surface area contributed by atoms with E-state index in [0.29, 0.717) is 12.1 Å². The number of hydrogen-bond donors (Lipinski definition) is 2. The fourth-order valence-electron chi connectivity index (χ4n) is 2.13. The van der Waals surface area contributed by atoms with E-state index in [4.69, 9.17) is 11.6 Å². The molecular formula is C16H11ClF2N4O4S2. The van der Waals surface area contributed by atoms with Gasteiger partial charge in [-0.1, -0.05) is 11.6 Å². The zero-order valence-electron chi connectivity index (χ0n) is 14.2. The molecule has 0 radical (unpaired) electrons. The molecule has 2 N–H and O–H groups in total. The summed E-state index contributed by atoms with van der Waals surface area (Å²) in [6, 6.07) is 9.47. The van der Waals surface area contributed by atoms with Gasteiger partial charge in [0.25, 0.3) is 20.0 Å². The molecule has 0 saturated heterocycles. The van der Waals surface area contributed by atoms with Gasteiger partial charge in [-0.2, -0.15) is 0 Å². The maximum Gasteiger partial charge on any atom is 0.263 e. The highest BCUT2D eigenvalue weighted by molar-refractivity contribution is 7.93. The lowest BCUT2D eigenvalue weighted by atomic mass is 10.3. The Balaban J connectivity index is 1.78. The van der Waals surface area contributed by atoms with Gasteiger partial charge >= 0.3 is 0 Å². The fourth-order valence-corrected chi connectivity index (χ4v) is 4.29. The Morgan fingerprint density at radius 2 is 1.34 bits per heavy atom. The van der Waals surface area contributed by atoms with Crippen molar-refractivity contribution in [1.29, 1.82) is 0 Å². The standard InChI is InChI=1S/C16H11ClF2N4O4S2/c17-15-7-8-16(21-20-15)23-28(24,25)11-3-1-10(2-4-11)22-29(26,27)12-5-6-13(18)14(19)9-12/h1-9,22H,(H,21,23). The first-order valence-electron chi connectivity index (χ1n) is 7.67. The lowest BCUT2D eigenvalue weighted by Gasteiger charge is -2.10. The van der Waals surface area contributed by atoms with Gasteiger partial charge in [-0.25, -0.2) is 25.6 Å². The average molecular weight is 461 g/mol. The molecule has 0 aliphatic carbocycles. The van der Waals surface area contributed by atoms with Gasteiger partial charge in [0, 0.05) is 5.69 Å². The van der Waals surface area contributed by atoms with Crippen LogP contribution in [-0.2, 0) is 20.0 Å². The molecule has 0 atom stereocenters. The predicted molar refractivity (Wildman–Crippen MR) is 101 cm³/mol. The molecule has 2 aromatic carbocycles. The molecule has 0 bridgehead atoms. The quantitative estimate of drug-likeness (QED) is 0.583. The summed E-state index contributed by atoms with van der Waals surface area (Å²) in [5.74, 6) is -2.56. The van der Waals surface area contributed by atoms with Gasteiger partial charge < -0.3 is 0 Å². The molecule has 1 aromatic heterocycles. The van der Waals surface area contributed by atoms with Gasteiger partial charge in [-0.05, 0) is 54.6 Å². The topological polar surface area (TPSA) is 118 Å². The van der Waals surface area contributed by atoms with Crippen molar-refractivity contribution in [3.8, 4) is 0 Å². The van der Waals surface area contributed by atoms with E-state index >= 15 is 0 Å². The van der Waals surface area contributed by atoms with E-state index in [1.807, 2.05) is 0 Å². The minimum Gasteiger partial charge on any atom is -0.280 e. The lowest BCUT2D eigenvalue weighted by Crippen LogP contribution is -2.15. The molecule has 0 spiro atoms. The van der Waals surface area contributed by atoms with Crippen LogP contribution in [0.25, 0.3) is 0 Å². The normalized spacial score (nSPS) is 11.8. The van der Waals surface area contributed by atoms with Crippen molar-refractivity contribution < 1.29 is 25.6 Å². The largest absolute Gasteiger partial charge is 0.280 e. The number of sulfonamides is 2. The Morgan fingerprint density at radius 1 is 0.724 bits per heavy atom. The van der Waals surface area contributed by atoms with E-state index in [1.165, 1.54) is 24.3 Å². The number of halogens is 3. The van der Waals surface area contributed by atoms with Crippen LogP contribution < -0.4 is 9.44 Å². The third-order valence-corrected chi connectivity index (χ3v) is 6.44. The summed E-state index contributed by atoms with van der Waals surface area (Å²) < 4.78 is 79.8. The third-order valence-electron chi connectivity index (χ3n) is 3.49. The van der Waals surface area contributed by atoms with Crippen LogP contribution in [0.4, 0.5) is 20.3 Å². The number of hydrogen-bond acceptors (Lipinski definition) is 6. The SMILES string of the molecule is O=S(=O)(Nc1ccc(S(=O)(=O)Nc2ccc(Cl)nn2)cc1)c1ccc(F)c(F)c1. The highest BCUT2D eigenvalue weighted by Gasteiger charge is 2.18. The Morgan fingerprint density at radius 3 is 1.93 bits per heavy atom. The van der Waals surface area contributed by atoms with Gasteiger partial charge in [-0.15, -0.1) is 10.2 Å². The molecule has 29 heavy (non-hydrogen) atoms. The summed E-state index contributed by atoms with van der Waals surface area (Å²) in [7, 11) is -8.22. The monoisotopic (exact) mass is 460 g/mol. The van der Waals surface area contributed by atoms with Crippen LogP contribution in [0.2, 0.25) is 5.15 Å². The number of aromatic nitrogens is 2. The first-order chi connectivity index (χ1) is 13.6. The maximum atomic E-state index is 13.3. The summed E-state index contributed by atoms with van der Waals surface area (Å²) in [5.41, 5.74) is 0.0139. The number of nitrogens with zero attached hydrogens (tertiary/aromatic N) is 2. The number of benzene rings is 2. The zero-order chi connectivity index (χ0) is 21.2. The molecule has 1 heterocycles. The molecule has 0 aliphatic rings. The van der Waals surface area contributed by atoms with Crippen molar-refractivity contribution in [3.63, 3.8) is 0 Å². The molecule has 3 aromatic rings. The highest BCUT2D eigenvalue weighted by Crippen LogP contribution is 2.21. The number of rotatable bonds is 6. The first kappa shape index (κ1) is 20.9. The lowest BCUT2D eigenvalue weighted by molar-refractivity contribution is 0.504. The van der Waals surface area contributed by atoms with Gasteiger partial charge in [-0.3, -0.25) is 9.44 Å². The molecule has 3 rings (SSSR count). The second-order valence-electron chi connectivity index (χ2n) is 5.55. The Hall–Kier alpha value is -2.83. The van der Waals surface area contributed by atoms with E-state index < -0.39 is 36.6 Å². The molecule has 0 saturated carbocycles. The summed E-state index contributed by atoms with van der Waals surface area (Å²) >= 11 is 5.58. The summed E-state index contributed by atoms with van der Waals surface area (Å²) in [6.45, 7) is 0. The summed E-state index contributed by atoms with van der Waals surface area (Å²) in [6.07, 6.45) is 0. The summed E-state index contributed by atoms with van der Waals surface area (Å²) in [5, 5.41) is 7.18. The fraction of sp³-hybridized carbons (Fsp3) is 0. The van der Waals surface area contributed by atoms with Gasteiger partial charge in [0.1, 0.15) is 0 Å². The molecule has 152 valence electrons. The van der Waals surface area contributed by atoms with E-state index in [2.05, 4.69) is 19.6 Å². The van der Waals surface area contributed by atoms with Crippen LogP contribution in [0.1, 0.15) is 0 Å². The maximum absolute atomic E-state index is 13.3. The van der Waals surface area contributed by atoms with E-state index in [9.17, 15) is 25.6 Å². The smallest absolute Gasteiger partial charge is 0.263 e. The minimum atomic E-state index is -4.21. The van der Waals surface area contributed by atoms with Crippen molar-refractivity contribution in [3.05, 3.63) is 71.4 Å². The van der Waals surface area contributed by atoms with Gasteiger partial charge in [0.05, 0.1) is 9.79 Å². The van der Waals surface area contributed by atoms with Gasteiger partial charge in [0.15, 0.2) is 22.6 Å². The van der Waals surface area contributed by atoms with E-state index in [1.54, 1.807) is 0 Å². The van der Waals surface area contributed by atoms with Crippen molar-refractivity contribution in [2.45, 2.75) is 9.79 Å². The van der Waals surface area contributed by atoms with Crippen LogP contribution in [-0.4, -0.2) is 27.0 Å². The summed E-state index contributed by atoms with van der Waals surface area (Å²) in [4.78, 5) is -0.666. The van der Waals surface area contributed by atoms with Crippen LogP contribution in [0, 0.1) is 11.6 Å². The number of nitrogens with one attached hydrogen (secondary N) is 2. The van der Waals surface area contributed by atoms with Gasteiger partial charge in [0.2, 0.25) is 0 Å². The average Bonchev–Trinajstić information content (AvgIpc) is 2.66. The van der Waals surface area contributed by atoms with Crippen LogP contribution in [0.3, 0.4) is 0 Å². The Labute approximate surface area is 169 Å². The third kappa shape index (κ3) is 4.96. The van der Waals surface area contributed by atoms with Crippen molar-refractivity contribution >= 4 is 43.2 Å². The molecule has 13 heteroatoms. The minimum absolute atomic E-state index is 0.0139. The van der Waals surface area contributed by atoms with Crippen molar-refractivity contribution in [1.82, 2.24) is 10.2 Å².